The van der Waals surface area contributed by atoms with E-state index in [1.54, 1.807) is 7.11 Å². The number of fused-ring (bicyclic) bond motifs is 1. The molecule has 0 radical (unpaired) electrons. The van der Waals surface area contributed by atoms with Gasteiger partial charge in [0.2, 0.25) is 0 Å². The zero-order chi connectivity index (χ0) is 11.5. The average Bonchev–Trinajstić information content (AvgIpc) is 2.68. The maximum Gasteiger partial charge on any atom is 0.0696 e. The van der Waals surface area contributed by atoms with Gasteiger partial charge in [-0.05, 0) is 48.1 Å². The van der Waals surface area contributed by atoms with E-state index in [0.717, 1.165) is 13.0 Å². The molecule has 2 aromatic rings. The SMILES string of the molecule is COCCC(C)n1ncc2ccc(I)cc21. The fourth-order valence-electron chi connectivity index (χ4n) is 1.77. The van der Waals surface area contributed by atoms with E-state index in [2.05, 4.69) is 57.5 Å². The lowest BCUT2D eigenvalue weighted by atomic mass is 10.2. The third kappa shape index (κ3) is 2.38. The lowest BCUT2D eigenvalue weighted by Crippen LogP contribution is -2.09. The van der Waals surface area contributed by atoms with E-state index in [4.69, 9.17) is 4.74 Å². The summed E-state index contributed by atoms with van der Waals surface area (Å²) in [5.41, 5.74) is 1.20. The van der Waals surface area contributed by atoms with E-state index < -0.39 is 0 Å². The Hall–Kier alpha value is -0.620. The van der Waals surface area contributed by atoms with Crippen molar-refractivity contribution in [2.75, 3.05) is 13.7 Å². The average molecular weight is 330 g/mol. The van der Waals surface area contributed by atoms with Crippen LogP contribution in [0.4, 0.5) is 0 Å². The summed E-state index contributed by atoms with van der Waals surface area (Å²) in [5, 5.41) is 5.65. The summed E-state index contributed by atoms with van der Waals surface area (Å²) in [6, 6.07) is 6.76. The highest BCUT2D eigenvalue weighted by atomic mass is 127. The van der Waals surface area contributed by atoms with E-state index in [0.29, 0.717) is 6.04 Å². The predicted molar refractivity (Wildman–Crippen MR) is 73.7 cm³/mol. The Morgan fingerprint density at radius 1 is 1.50 bits per heavy atom. The molecule has 1 heterocycles. The molecule has 1 aromatic carbocycles. The van der Waals surface area contributed by atoms with Gasteiger partial charge in [-0.3, -0.25) is 4.68 Å². The molecule has 0 aliphatic rings. The fourth-order valence-corrected chi connectivity index (χ4v) is 2.25. The molecular formula is C12H15IN2O. The number of hydrogen-bond acceptors (Lipinski definition) is 2. The topological polar surface area (TPSA) is 27.1 Å². The van der Waals surface area contributed by atoms with Gasteiger partial charge >= 0.3 is 0 Å². The molecule has 0 saturated heterocycles. The minimum absolute atomic E-state index is 0.371. The Balaban J connectivity index is 2.33. The largest absolute Gasteiger partial charge is 0.385 e. The molecule has 3 nitrogen and oxygen atoms in total. The highest BCUT2D eigenvalue weighted by molar-refractivity contribution is 14.1. The van der Waals surface area contributed by atoms with Gasteiger partial charge in [-0.2, -0.15) is 5.10 Å². The number of hydrogen-bond donors (Lipinski definition) is 0. The Kier molecular flexibility index (Phi) is 3.81. The van der Waals surface area contributed by atoms with Gasteiger partial charge in [0.15, 0.2) is 0 Å². The monoisotopic (exact) mass is 330 g/mol. The Morgan fingerprint density at radius 3 is 3.06 bits per heavy atom. The molecule has 2 rings (SSSR count). The smallest absolute Gasteiger partial charge is 0.0696 e. The van der Waals surface area contributed by atoms with Crippen LogP contribution in [0.1, 0.15) is 19.4 Å². The van der Waals surface area contributed by atoms with Crippen molar-refractivity contribution in [3.63, 3.8) is 0 Å². The van der Waals surface area contributed by atoms with Crippen molar-refractivity contribution in [3.05, 3.63) is 28.0 Å². The molecular weight excluding hydrogens is 315 g/mol. The molecule has 0 N–H and O–H groups in total. The number of halogens is 1. The first-order valence-corrected chi connectivity index (χ1v) is 6.42. The number of methoxy groups -OCH3 is 1. The maximum atomic E-state index is 5.10. The molecule has 4 heteroatoms. The van der Waals surface area contributed by atoms with Gasteiger partial charge in [0.1, 0.15) is 0 Å². The molecule has 0 spiro atoms. The van der Waals surface area contributed by atoms with Crippen molar-refractivity contribution in [2.24, 2.45) is 0 Å². The van der Waals surface area contributed by atoms with Crippen LogP contribution in [0.15, 0.2) is 24.4 Å². The van der Waals surface area contributed by atoms with E-state index in [9.17, 15) is 0 Å². The number of benzene rings is 1. The third-order valence-electron chi connectivity index (χ3n) is 2.72. The number of aromatic nitrogens is 2. The summed E-state index contributed by atoms with van der Waals surface area (Å²) in [6.07, 6.45) is 2.91. The molecule has 0 aliphatic carbocycles. The van der Waals surface area contributed by atoms with Crippen LogP contribution in [0.25, 0.3) is 10.9 Å². The van der Waals surface area contributed by atoms with Crippen LogP contribution in [-0.2, 0) is 4.74 Å². The van der Waals surface area contributed by atoms with Gasteiger partial charge in [-0.15, -0.1) is 0 Å². The fraction of sp³-hybridized carbons (Fsp3) is 0.417. The number of ether oxygens (including phenoxy) is 1. The van der Waals surface area contributed by atoms with Crippen LogP contribution < -0.4 is 0 Å². The first kappa shape index (κ1) is 11.9. The van der Waals surface area contributed by atoms with Crippen LogP contribution in [-0.4, -0.2) is 23.5 Å². The molecule has 0 fully saturated rings. The Labute approximate surface area is 109 Å². The van der Waals surface area contributed by atoms with Crippen LogP contribution in [0.2, 0.25) is 0 Å². The Morgan fingerprint density at radius 2 is 2.31 bits per heavy atom. The second-order valence-corrected chi connectivity index (χ2v) is 5.17. The summed E-state index contributed by atoms with van der Waals surface area (Å²) >= 11 is 2.33. The highest BCUT2D eigenvalue weighted by Crippen LogP contribution is 2.21. The summed E-state index contributed by atoms with van der Waals surface area (Å²) in [6.45, 7) is 2.94. The molecule has 0 amide bonds. The summed E-state index contributed by atoms with van der Waals surface area (Å²) in [5.74, 6) is 0. The van der Waals surface area contributed by atoms with Gasteiger partial charge < -0.3 is 4.74 Å². The maximum absolute atomic E-state index is 5.10. The summed E-state index contributed by atoms with van der Waals surface area (Å²) < 4.78 is 8.43. The van der Waals surface area contributed by atoms with Gasteiger partial charge in [0, 0.05) is 22.7 Å². The van der Waals surface area contributed by atoms with E-state index in [-0.39, 0.29) is 0 Å². The molecule has 1 atom stereocenters. The highest BCUT2D eigenvalue weighted by Gasteiger charge is 2.09. The standard InChI is InChI=1S/C12H15IN2O/c1-9(5-6-16-2)15-12-7-11(13)4-3-10(12)8-14-15/h3-4,7-9H,5-6H2,1-2H3. The predicted octanol–water partition coefficient (Wildman–Crippen LogP) is 3.24. The van der Waals surface area contributed by atoms with Crippen LogP contribution in [0, 0.1) is 3.57 Å². The third-order valence-corrected chi connectivity index (χ3v) is 3.39. The van der Waals surface area contributed by atoms with Gasteiger partial charge in [0.05, 0.1) is 17.8 Å². The zero-order valence-electron chi connectivity index (χ0n) is 9.48. The van der Waals surface area contributed by atoms with Gasteiger partial charge in [-0.25, -0.2) is 0 Å². The van der Waals surface area contributed by atoms with Crippen molar-refractivity contribution in [1.82, 2.24) is 9.78 Å². The van der Waals surface area contributed by atoms with Gasteiger partial charge in [-0.1, -0.05) is 6.07 Å². The van der Waals surface area contributed by atoms with Crippen LogP contribution in [0.5, 0.6) is 0 Å². The second-order valence-electron chi connectivity index (χ2n) is 3.92. The van der Waals surface area contributed by atoms with E-state index in [1.165, 1.54) is 14.5 Å². The molecule has 1 unspecified atom stereocenters. The molecule has 0 bridgehead atoms. The molecule has 0 aliphatic heterocycles. The summed E-state index contributed by atoms with van der Waals surface area (Å²) in [4.78, 5) is 0. The first-order chi connectivity index (χ1) is 7.72. The Bertz CT molecular complexity index is 481. The molecule has 1 aromatic heterocycles. The van der Waals surface area contributed by atoms with E-state index in [1.807, 2.05) is 6.20 Å². The minimum atomic E-state index is 0.371. The quantitative estimate of drug-likeness (QED) is 0.805. The van der Waals surface area contributed by atoms with Crippen LogP contribution >= 0.6 is 22.6 Å². The van der Waals surface area contributed by atoms with Crippen molar-refractivity contribution in [1.29, 1.82) is 0 Å². The second kappa shape index (κ2) is 5.14. The van der Waals surface area contributed by atoms with Crippen molar-refractivity contribution in [2.45, 2.75) is 19.4 Å². The molecule has 0 saturated carbocycles. The first-order valence-electron chi connectivity index (χ1n) is 5.34. The van der Waals surface area contributed by atoms with Crippen molar-refractivity contribution in [3.8, 4) is 0 Å². The number of nitrogens with zero attached hydrogens (tertiary/aromatic N) is 2. The van der Waals surface area contributed by atoms with E-state index >= 15 is 0 Å². The van der Waals surface area contributed by atoms with Gasteiger partial charge in [0.25, 0.3) is 0 Å². The lowest BCUT2D eigenvalue weighted by Gasteiger charge is -2.12. The van der Waals surface area contributed by atoms with Crippen molar-refractivity contribution < 1.29 is 4.74 Å². The number of rotatable bonds is 4. The lowest BCUT2D eigenvalue weighted by molar-refractivity contribution is 0.179. The van der Waals surface area contributed by atoms with Crippen molar-refractivity contribution >= 4 is 33.5 Å². The molecule has 16 heavy (non-hydrogen) atoms. The minimum Gasteiger partial charge on any atom is -0.385 e. The summed E-state index contributed by atoms with van der Waals surface area (Å²) in [7, 11) is 1.73. The molecule has 86 valence electrons. The normalized spacial score (nSPS) is 13.2. The van der Waals surface area contributed by atoms with Crippen LogP contribution in [0.3, 0.4) is 0 Å². The zero-order valence-corrected chi connectivity index (χ0v) is 11.6.